The van der Waals surface area contributed by atoms with E-state index in [1.807, 2.05) is 4.90 Å². The van der Waals surface area contributed by atoms with Crippen LogP contribution in [0.2, 0.25) is 0 Å². The summed E-state index contributed by atoms with van der Waals surface area (Å²) < 4.78 is 19.0. The summed E-state index contributed by atoms with van der Waals surface area (Å²) in [5.41, 5.74) is 1.79. The molecule has 0 aromatic carbocycles. The Labute approximate surface area is 93.7 Å². The van der Waals surface area contributed by atoms with Crippen LogP contribution >= 0.6 is 0 Å². The normalized spacial score (nSPS) is 16.6. The van der Waals surface area contributed by atoms with Gasteiger partial charge in [-0.3, -0.25) is 4.98 Å². The lowest BCUT2D eigenvalue weighted by Crippen LogP contribution is -2.37. The first-order chi connectivity index (χ1) is 7.74. The molecule has 0 atom stereocenters. The van der Waals surface area contributed by atoms with Gasteiger partial charge < -0.3 is 14.7 Å². The third-order valence-corrected chi connectivity index (χ3v) is 2.83. The lowest BCUT2D eigenvalue weighted by atomic mass is 10.1. The second-order valence-corrected chi connectivity index (χ2v) is 3.78. The van der Waals surface area contributed by atoms with E-state index in [-0.39, 0.29) is 12.4 Å². The average Bonchev–Trinajstić information content (AvgIpc) is 2.31. The van der Waals surface area contributed by atoms with Crippen LogP contribution < -0.4 is 4.90 Å². The summed E-state index contributed by atoms with van der Waals surface area (Å²) in [6.45, 7) is 4.18. The van der Waals surface area contributed by atoms with Crippen LogP contribution in [0.1, 0.15) is 11.3 Å². The Balaban J connectivity index is 2.37. The zero-order valence-corrected chi connectivity index (χ0v) is 9.24. The van der Waals surface area contributed by atoms with Crippen molar-refractivity contribution in [1.82, 2.24) is 4.98 Å². The number of rotatable bonds is 2. The molecule has 0 amide bonds. The average molecular weight is 226 g/mol. The van der Waals surface area contributed by atoms with E-state index < -0.39 is 0 Å². The number of halogens is 1. The molecular weight excluding hydrogens is 211 g/mol. The van der Waals surface area contributed by atoms with Crippen LogP contribution in [0.5, 0.6) is 0 Å². The van der Waals surface area contributed by atoms with E-state index in [9.17, 15) is 4.39 Å². The zero-order valence-electron chi connectivity index (χ0n) is 9.24. The summed E-state index contributed by atoms with van der Waals surface area (Å²) in [6.07, 6.45) is 1.17. The molecule has 88 valence electrons. The molecule has 0 unspecified atom stereocenters. The minimum atomic E-state index is -0.336. The second kappa shape index (κ2) is 4.76. The molecule has 1 fully saturated rings. The van der Waals surface area contributed by atoms with Crippen LogP contribution in [0.15, 0.2) is 6.20 Å². The van der Waals surface area contributed by atoms with Gasteiger partial charge in [0.05, 0.1) is 37.4 Å². The van der Waals surface area contributed by atoms with E-state index >= 15 is 0 Å². The van der Waals surface area contributed by atoms with E-state index in [0.29, 0.717) is 43.2 Å². The summed E-state index contributed by atoms with van der Waals surface area (Å²) in [5.74, 6) is -0.336. The third kappa shape index (κ3) is 2.01. The van der Waals surface area contributed by atoms with Crippen molar-refractivity contribution in [2.24, 2.45) is 0 Å². The van der Waals surface area contributed by atoms with Gasteiger partial charge in [-0.05, 0) is 12.5 Å². The van der Waals surface area contributed by atoms with E-state index in [0.717, 1.165) is 0 Å². The molecule has 1 aliphatic heterocycles. The number of aliphatic hydroxyl groups is 1. The number of anilines is 1. The van der Waals surface area contributed by atoms with Gasteiger partial charge in [-0.25, -0.2) is 4.39 Å². The molecule has 2 heterocycles. The zero-order chi connectivity index (χ0) is 11.5. The van der Waals surface area contributed by atoms with E-state index in [1.165, 1.54) is 6.20 Å². The number of aliphatic hydroxyl groups excluding tert-OH is 1. The fourth-order valence-corrected chi connectivity index (χ4v) is 1.94. The van der Waals surface area contributed by atoms with Gasteiger partial charge in [0, 0.05) is 13.1 Å². The molecule has 0 saturated carbocycles. The SMILES string of the molecule is Cc1c(CO)ncc(F)c1N1CCOCC1. The first-order valence-electron chi connectivity index (χ1n) is 5.31. The van der Waals surface area contributed by atoms with Crippen LogP contribution in [0, 0.1) is 12.7 Å². The predicted octanol–water partition coefficient (Wildman–Crippen LogP) is 0.858. The van der Waals surface area contributed by atoms with Crippen LogP contribution in [-0.2, 0) is 11.3 Å². The Morgan fingerprint density at radius 3 is 2.81 bits per heavy atom. The molecule has 0 aliphatic carbocycles. The van der Waals surface area contributed by atoms with Crippen LogP contribution in [0.4, 0.5) is 10.1 Å². The Morgan fingerprint density at radius 1 is 1.50 bits per heavy atom. The van der Waals surface area contributed by atoms with Gasteiger partial charge in [0.2, 0.25) is 0 Å². The van der Waals surface area contributed by atoms with Gasteiger partial charge in [-0.15, -0.1) is 0 Å². The van der Waals surface area contributed by atoms with Crippen LogP contribution in [0.25, 0.3) is 0 Å². The van der Waals surface area contributed by atoms with E-state index in [1.54, 1.807) is 6.92 Å². The van der Waals surface area contributed by atoms with Crippen molar-refractivity contribution in [3.05, 3.63) is 23.3 Å². The molecule has 1 aromatic heterocycles. The van der Waals surface area contributed by atoms with Crippen LogP contribution in [0.3, 0.4) is 0 Å². The molecule has 4 nitrogen and oxygen atoms in total. The number of morpholine rings is 1. The second-order valence-electron chi connectivity index (χ2n) is 3.78. The number of hydrogen-bond donors (Lipinski definition) is 1. The highest BCUT2D eigenvalue weighted by Gasteiger charge is 2.19. The van der Waals surface area contributed by atoms with Crippen molar-refractivity contribution in [2.45, 2.75) is 13.5 Å². The maximum absolute atomic E-state index is 13.7. The maximum atomic E-state index is 13.7. The molecule has 5 heteroatoms. The molecule has 1 aromatic rings. The summed E-state index contributed by atoms with van der Waals surface area (Å²) in [5, 5.41) is 9.10. The molecular formula is C11H15FN2O2. The number of hydrogen-bond acceptors (Lipinski definition) is 4. The lowest BCUT2D eigenvalue weighted by Gasteiger charge is -2.30. The molecule has 0 radical (unpaired) electrons. The van der Waals surface area contributed by atoms with E-state index in [4.69, 9.17) is 9.84 Å². The molecule has 2 rings (SSSR count). The highest BCUT2D eigenvalue weighted by Crippen LogP contribution is 2.26. The highest BCUT2D eigenvalue weighted by atomic mass is 19.1. The quantitative estimate of drug-likeness (QED) is 0.812. The van der Waals surface area contributed by atoms with Crippen molar-refractivity contribution in [2.75, 3.05) is 31.2 Å². The molecule has 1 N–H and O–H groups in total. The first kappa shape index (κ1) is 11.3. The van der Waals surface area contributed by atoms with Crippen molar-refractivity contribution >= 4 is 5.69 Å². The molecule has 16 heavy (non-hydrogen) atoms. The molecule has 0 spiro atoms. The lowest BCUT2D eigenvalue weighted by molar-refractivity contribution is 0.122. The minimum Gasteiger partial charge on any atom is -0.390 e. The van der Waals surface area contributed by atoms with Gasteiger partial charge in [0.1, 0.15) is 0 Å². The van der Waals surface area contributed by atoms with Gasteiger partial charge in [-0.1, -0.05) is 0 Å². The largest absolute Gasteiger partial charge is 0.390 e. The number of pyridine rings is 1. The smallest absolute Gasteiger partial charge is 0.165 e. The fraction of sp³-hybridized carbons (Fsp3) is 0.545. The molecule has 1 saturated heterocycles. The third-order valence-electron chi connectivity index (χ3n) is 2.83. The minimum absolute atomic E-state index is 0.163. The van der Waals surface area contributed by atoms with Crippen LogP contribution in [-0.4, -0.2) is 36.4 Å². The van der Waals surface area contributed by atoms with Gasteiger partial charge in [0.15, 0.2) is 5.82 Å². The highest BCUT2D eigenvalue weighted by molar-refractivity contribution is 5.55. The number of nitrogens with zero attached hydrogens (tertiary/aromatic N) is 2. The molecule has 1 aliphatic rings. The monoisotopic (exact) mass is 226 g/mol. The van der Waals surface area contributed by atoms with Crippen molar-refractivity contribution in [3.8, 4) is 0 Å². The summed E-state index contributed by atoms with van der Waals surface area (Å²) >= 11 is 0. The fourth-order valence-electron chi connectivity index (χ4n) is 1.94. The Kier molecular flexibility index (Phi) is 3.36. The van der Waals surface area contributed by atoms with Gasteiger partial charge >= 0.3 is 0 Å². The van der Waals surface area contributed by atoms with E-state index in [2.05, 4.69) is 4.98 Å². The Morgan fingerprint density at radius 2 is 2.19 bits per heavy atom. The summed E-state index contributed by atoms with van der Waals surface area (Å²) in [4.78, 5) is 5.81. The van der Waals surface area contributed by atoms with Gasteiger partial charge in [0.25, 0.3) is 0 Å². The first-order valence-corrected chi connectivity index (χ1v) is 5.31. The predicted molar refractivity (Wildman–Crippen MR) is 57.9 cm³/mol. The topological polar surface area (TPSA) is 45.6 Å². The standard InChI is InChI=1S/C11H15FN2O2/c1-8-10(7-15)13-6-9(12)11(8)14-2-4-16-5-3-14/h6,15H,2-5,7H2,1H3. The maximum Gasteiger partial charge on any atom is 0.165 e. The summed E-state index contributed by atoms with van der Waals surface area (Å²) in [6, 6.07) is 0. The summed E-state index contributed by atoms with van der Waals surface area (Å²) in [7, 11) is 0. The van der Waals surface area contributed by atoms with Crippen molar-refractivity contribution in [1.29, 1.82) is 0 Å². The Bertz CT molecular complexity index is 378. The Hall–Kier alpha value is -1.20. The number of aromatic nitrogens is 1. The van der Waals surface area contributed by atoms with Crippen molar-refractivity contribution < 1.29 is 14.2 Å². The number of ether oxygens (including phenoxy) is 1. The molecule has 0 bridgehead atoms. The van der Waals surface area contributed by atoms with Crippen molar-refractivity contribution in [3.63, 3.8) is 0 Å². The van der Waals surface area contributed by atoms with Gasteiger partial charge in [-0.2, -0.15) is 0 Å².